The van der Waals surface area contributed by atoms with Gasteiger partial charge in [-0.05, 0) is 12.8 Å². The van der Waals surface area contributed by atoms with E-state index in [0.717, 1.165) is 12.8 Å². The van der Waals surface area contributed by atoms with Crippen LogP contribution in [0.15, 0.2) is 0 Å². The summed E-state index contributed by atoms with van der Waals surface area (Å²) in [7, 11) is 0. The van der Waals surface area contributed by atoms with Gasteiger partial charge in [-0.15, -0.1) is 0 Å². The Morgan fingerprint density at radius 1 is 1.06 bits per heavy atom. The smallest absolute Gasteiger partial charge is 0.364 e. The summed E-state index contributed by atoms with van der Waals surface area (Å²) in [6.07, 6.45) is -15.4. The summed E-state index contributed by atoms with van der Waals surface area (Å²) >= 11 is 0. The molecule has 210 valence electrons. The van der Waals surface area contributed by atoms with E-state index in [9.17, 15) is 45.6 Å². The van der Waals surface area contributed by atoms with Crippen LogP contribution in [0.4, 0.5) is 0 Å². The molecule has 0 bridgehead atoms. The predicted molar refractivity (Wildman–Crippen MR) is 115 cm³/mol. The van der Waals surface area contributed by atoms with E-state index in [4.69, 9.17) is 29.8 Å². The van der Waals surface area contributed by atoms with Crippen LogP contribution in [-0.4, -0.2) is 144 Å². The summed E-state index contributed by atoms with van der Waals surface area (Å²) in [6.45, 7) is -1.69. The molecule has 3 rings (SSSR count). The molecule has 15 nitrogen and oxygen atoms in total. The number of nitrogens with two attached hydrogens (primary N) is 1. The molecule has 15 heteroatoms. The second-order valence-corrected chi connectivity index (χ2v) is 9.55. The first kappa shape index (κ1) is 29.5. The molecule has 0 unspecified atom stereocenters. The van der Waals surface area contributed by atoms with Crippen molar-refractivity contribution in [2.75, 3.05) is 13.2 Å². The number of ether oxygens (including phenoxy) is 4. The van der Waals surface area contributed by atoms with E-state index >= 15 is 0 Å². The van der Waals surface area contributed by atoms with Crippen LogP contribution in [0.5, 0.6) is 0 Å². The van der Waals surface area contributed by atoms with Gasteiger partial charge in [0.05, 0.1) is 37.6 Å². The van der Waals surface area contributed by atoms with Gasteiger partial charge in [-0.2, -0.15) is 0 Å². The summed E-state index contributed by atoms with van der Waals surface area (Å²) in [6, 6.07) is -1.39. The number of carbonyl (C=O) groups is 1. The Labute approximate surface area is 206 Å². The first-order valence-corrected chi connectivity index (χ1v) is 11.9. The normalized spacial score (nSPS) is 45.7. The number of aliphatic hydroxyl groups is 8. The molecule has 11 N–H and O–H groups in total. The van der Waals surface area contributed by atoms with Gasteiger partial charge in [0.1, 0.15) is 42.7 Å². The number of hydrogen-bond donors (Lipinski definition) is 10. The highest BCUT2D eigenvalue weighted by Gasteiger charge is 2.58. The molecule has 0 amide bonds. The summed E-state index contributed by atoms with van der Waals surface area (Å²) in [5, 5.41) is 91.2. The van der Waals surface area contributed by atoms with Crippen LogP contribution in [0.2, 0.25) is 0 Å². The molecule has 36 heavy (non-hydrogen) atoms. The number of hydrogen-bond acceptors (Lipinski definition) is 14. The van der Waals surface area contributed by atoms with Gasteiger partial charge in [0.25, 0.3) is 5.79 Å². The average Bonchev–Trinajstić information content (AvgIpc) is 2.85. The predicted octanol–water partition coefficient (Wildman–Crippen LogP) is -4.90. The quantitative estimate of drug-likeness (QED) is 0.135. The fraction of sp³-hybridized carbons (Fsp3) is 0.952. The summed E-state index contributed by atoms with van der Waals surface area (Å²) in [4.78, 5) is 12.3. The fourth-order valence-electron chi connectivity index (χ4n) is 4.80. The van der Waals surface area contributed by atoms with Crippen LogP contribution in [0.1, 0.15) is 32.1 Å². The third kappa shape index (κ3) is 5.99. The van der Waals surface area contributed by atoms with Gasteiger partial charge in [-0.1, -0.05) is 12.8 Å². The van der Waals surface area contributed by atoms with Crippen molar-refractivity contribution in [3.8, 4) is 0 Å². The lowest BCUT2D eigenvalue weighted by molar-refractivity contribution is -0.374. The van der Waals surface area contributed by atoms with Crippen LogP contribution in [-0.2, 0) is 23.7 Å². The van der Waals surface area contributed by atoms with E-state index < -0.39 is 105 Å². The van der Waals surface area contributed by atoms with Gasteiger partial charge in [0, 0.05) is 6.42 Å². The van der Waals surface area contributed by atoms with Crippen molar-refractivity contribution in [2.45, 2.75) is 111 Å². The van der Waals surface area contributed by atoms with Crippen molar-refractivity contribution in [3.05, 3.63) is 0 Å². The Hall–Kier alpha value is -1.05. The van der Waals surface area contributed by atoms with Gasteiger partial charge in [-0.25, -0.2) is 4.79 Å². The van der Waals surface area contributed by atoms with Crippen molar-refractivity contribution in [1.82, 2.24) is 0 Å². The number of aliphatic carboxylic acids is 1. The third-order valence-corrected chi connectivity index (χ3v) is 7.00. The van der Waals surface area contributed by atoms with E-state index in [1.165, 1.54) is 0 Å². The molecule has 13 atom stereocenters. The molecular weight excluding hydrogens is 490 g/mol. The van der Waals surface area contributed by atoms with Crippen molar-refractivity contribution in [3.63, 3.8) is 0 Å². The summed E-state index contributed by atoms with van der Waals surface area (Å²) < 4.78 is 22.2. The van der Waals surface area contributed by atoms with E-state index in [-0.39, 0.29) is 0 Å². The molecule has 2 aliphatic heterocycles. The molecule has 3 aliphatic rings. The first-order valence-electron chi connectivity index (χ1n) is 11.9. The minimum absolute atomic E-state index is 0.449. The third-order valence-electron chi connectivity index (χ3n) is 7.00. The van der Waals surface area contributed by atoms with Crippen molar-refractivity contribution < 1.29 is 69.7 Å². The molecule has 0 aromatic heterocycles. The maximum absolute atomic E-state index is 12.3. The van der Waals surface area contributed by atoms with Gasteiger partial charge in [0.15, 0.2) is 6.29 Å². The van der Waals surface area contributed by atoms with Crippen LogP contribution < -0.4 is 5.73 Å². The molecule has 0 radical (unpaired) electrons. The van der Waals surface area contributed by atoms with Crippen LogP contribution in [0.25, 0.3) is 0 Å². The van der Waals surface area contributed by atoms with E-state index in [1.807, 2.05) is 0 Å². The van der Waals surface area contributed by atoms with Gasteiger partial charge in [0.2, 0.25) is 0 Å². The second-order valence-electron chi connectivity index (χ2n) is 9.55. The minimum Gasteiger partial charge on any atom is -0.477 e. The van der Waals surface area contributed by atoms with Crippen LogP contribution >= 0.6 is 0 Å². The lowest BCUT2D eigenvalue weighted by atomic mass is 9.88. The topological polar surface area (TPSA) is 262 Å². The number of rotatable bonds is 9. The molecule has 1 saturated carbocycles. The fourth-order valence-corrected chi connectivity index (χ4v) is 4.80. The van der Waals surface area contributed by atoms with Crippen molar-refractivity contribution in [2.24, 2.45) is 5.73 Å². The zero-order valence-electron chi connectivity index (χ0n) is 19.5. The standard InChI is InChI=1S/C21H37NO14/c22-13-9(26)5-21(20(31)32,35-17(13)14(28)10(27)6-23)36-18-15(29)12(7-24)34-19(16(18)30)33-11-4-2-1-3-8(11)25/h8-19,23-30H,1-7,22H2,(H,31,32)/t8-,9+,10-,11-,12-,13-,14-,15+,16-,17-,18+,19-,21+/m1/s1. The first-order chi connectivity index (χ1) is 17.0. The monoisotopic (exact) mass is 527 g/mol. The second kappa shape index (κ2) is 12.2. The molecular formula is C21H37NO14. The Morgan fingerprint density at radius 2 is 1.72 bits per heavy atom. The highest BCUT2D eigenvalue weighted by molar-refractivity contribution is 5.76. The molecule has 0 aromatic carbocycles. The van der Waals surface area contributed by atoms with Crippen molar-refractivity contribution in [1.29, 1.82) is 0 Å². The Morgan fingerprint density at radius 3 is 2.31 bits per heavy atom. The summed E-state index contributed by atoms with van der Waals surface area (Å²) in [5.74, 6) is -4.59. The highest BCUT2D eigenvalue weighted by atomic mass is 16.8. The molecule has 3 fully saturated rings. The Bertz CT molecular complexity index is 731. The van der Waals surface area contributed by atoms with Gasteiger partial charge < -0.3 is 70.6 Å². The molecule has 2 heterocycles. The maximum atomic E-state index is 12.3. The minimum atomic E-state index is -2.78. The Kier molecular flexibility index (Phi) is 10.0. The van der Waals surface area contributed by atoms with E-state index in [0.29, 0.717) is 12.8 Å². The lowest BCUT2D eigenvalue weighted by Gasteiger charge is -2.49. The number of carboxylic acid groups (broad SMARTS) is 1. The SMILES string of the molecule is N[C@H]1[C@H]([C@H](O)[C@H](O)CO)O[C@@](O[C@H]2[C@@H](O)[C@@H](CO)O[C@@H](O[C@@H]3CCCC[C@H]3O)[C@@H]2O)(C(=O)O)C[C@@H]1O. The maximum Gasteiger partial charge on any atom is 0.364 e. The van der Waals surface area contributed by atoms with Crippen LogP contribution in [0, 0.1) is 0 Å². The molecule has 0 spiro atoms. The molecule has 0 aromatic rings. The van der Waals surface area contributed by atoms with E-state index in [1.54, 1.807) is 0 Å². The number of aliphatic hydroxyl groups excluding tert-OH is 8. The summed E-state index contributed by atoms with van der Waals surface area (Å²) in [5.41, 5.74) is 5.84. The lowest BCUT2D eigenvalue weighted by Crippen LogP contribution is -2.69. The zero-order chi connectivity index (χ0) is 26.8. The largest absolute Gasteiger partial charge is 0.477 e. The van der Waals surface area contributed by atoms with Gasteiger partial charge >= 0.3 is 5.97 Å². The van der Waals surface area contributed by atoms with Gasteiger partial charge in [-0.3, -0.25) is 0 Å². The van der Waals surface area contributed by atoms with Crippen LogP contribution in [0.3, 0.4) is 0 Å². The average molecular weight is 528 g/mol. The zero-order valence-corrected chi connectivity index (χ0v) is 19.5. The van der Waals surface area contributed by atoms with Crippen molar-refractivity contribution >= 4 is 5.97 Å². The number of carboxylic acids is 1. The Balaban J connectivity index is 1.87. The highest BCUT2D eigenvalue weighted by Crippen LogP contribution is 2.37. The van der Waals surface area contributed by atoms with E-state index in [2.05, 4.69) is 0 Å². The molecule has 1 aliphatic carbocycles. The molecule has 2 saturated heterocycles.